The van der Waals surface area contributed by atoms with E-state index in [0.717, 1.165) is 30.6 Å². The third kappa shape index (κ3) is 6.58. The van der Waals surface area contributed by atoms with Gasteiger partial charge in [0.15, 0.2) is 0 Å². The molecule has 0 atom stereocenters. The Balaban J connectivity index is 2.41. The number of carbonyl (C=O) groups is 2. The molecule has 0 unspecified atom stereocenters. The number of methoxy groups -OCH3 is 2. The van der Waals surface area contributed by atoms with Crippen molar-refractivity contribution in [1.82, 2.24) is 0 Å². The predicted molar refractivity (Wildman–Crippen MR) is 117 cm³/mol. The molecule has 0 radical (unpaired) electrons. The van der Waals surface area contributed by atoms with E-state index < -0.39 is 5.97 Å². The molecule has 2 rings (SSSR count). The van der Waals surface area contributed by atoms with Crippen LogP contribution in [0, 0.1) is 29.1 Å². The third-order valence-corrected chi connectivity index (χ3v) is 6.10. The molecule has 0 bridgehead atoms. The van der Waals surface area contributed by atoms with Crippen LogP contribution in [0.15, 0.2) is 6.07 Å². The van der Waals surface area contributed by atoms with Gasteiger partial charge in [0.2, 0.25) is 5.91 Å². The Morgan fingerprint density at radius 3 is 2.41 bits per heavy atom. The molecule has 0 aromatic carbocycles. The van der Waals surface area contributed by atoms with Gasteiger partial charge in [0.1, 0.15) is 4.88 Å². The number of esters is 1. The maximum absolute atomic E-state index is 13.4. The van der Waals surface area contributed by atoms with Crippen molar-refractivity contribution in [2.24, 2.45) is 17.3 Å². The molecule has 1 aliphatic carbocycles. The zero-order chi connectivity index (χ0) is 21.6. The summed E-state index contributed by atoms with van der Waals surface area (Å²) in [5.74, 6) is 6.61. The highest BCUT2D eigenvalue weighted by atomic mass is 32.1. The van der Waals surface area contributed by atoms with Gasteiger partial charge in [-0.15, -0.1) is 11.3 Å². The molecule has 0 saturated heterocycles. The fourth-order valence-corrected chi connectivity index (χ4v) is 4.32. The summed E-state index contributed by atoms with van der Waals surface area (Å²) in [6.07, 6.45) is 3.89. The molecule has 1 heterocycles. The van der Waals surface area contributed by atoms with Crippen molar-refractivity contribution >= 4 is 28.9 Å². The first-order valence-electron chi connectivity index (χ1n) is 10.2. The zero-order valence-electron chi connectivity index (χ0n) is 18.5. The lowest BCUT2D eigenvalue weighted by molar-refractivity contribution is -0.123. The number of ether oxygens (including phenoxy) is 2. The lowest BCUT2D eigenvalue weighted by atomic mass is 9.82. The fraction of sp³-hybridized carbons (Fsp3) is 0.652. The van der Waals surface area contributed by atoms with Gasteiger partial charge in [0, 0.05) is 25.0 Å². The number of anilines is 1. The van der Waals surface area contributed by atoms with Crippen LogP contribution in [-0.4, -0.2) is 39.2 Å². The van der Waals surface area contributed by atoms with Gasteiger partial charge in [-0.3, -0.25) is 4.79 Å². The van der Waals surface area contributed by atoms with Crippen molar-refractivity contribution in [3.05, 3.63) is 15.8 Å². The van der Waals surface area contributed by atoms with E-state index in [2.05, 4.69) is 18.8 Å². The second kappa shape index (κ2) is 10.3. The van der Waals surface area contributed by atoms with E-state index in [1.807, 2.05) is 26.8 Å². The van der Waals surface area contributed by atoms with E-state index in [9.17, 15) is 9.59 Å². The van der Waals surface area contributed by atoms with Crippen LogP contribution in [0.5, 0.6) is 0 Å². The smallest absolute Gasteiger partial charge is 0.350 e. The molecule has 160 valence electrons. The number of rotatable bonds is 6. The number of hydrogen-bond donors (Lipinski definition) is 0. The Morgan fingerprint density at radius 2 is 1.86 bits per heavy atom. The van der Waals surface area contributed by atoms with Crippen molar-refractivity contribution in [1.29, 1.82) is 0 Å². The molecule has 1 aliphatic rings. The molecule has 6 heteroatoms. The molecule has 29 heavy (non-hydrogen) atoms. The molecule has 5 nitrogen and oxygen atoms in total. The SMILES string of the molecule is COCCN(c1cc(C#CC(C)(C)C)sc1C(=O)OC)C(=O)[C@H]1CC[C@H](C)CC1. The van der Waals surface area contributed by atoms with Crippen LogP contribution >= 0.6 is 11.3 Å². The summed E-state index contributed by atoms with van der Waals surface area (Å²) in [6, 6.07) is 1.84. The average Bonchev–Trinajstić information content (AvgIpc) is 3.10. The van der Waals surface area contributed by atoms with E-state index in [-0.39, 0.29) is 17.2 Å². The van der Waals surface area contributed by atoms with Crippen LogP contribution in [0.1, 0.15) is 67.9 Å². The first-order chi connectivity index (χ1) is 13.7. The summed E-state index contributed by atoms with van der Waals surface area (Å²) >= 11 is 1.28. The van der Waals surface area contributed by atoms with Gasteiger partial charge in [-0.25, -0.2) is 4.79 Å². The standard InChI is InChI=1S/C23H33NO4S/c1-16-7-9-17(10-8-16)21(25)24(13-14-27-5)19-15-18(11-12-23(2,3)4)29-20(19)22(26)28-6/h15-17H,7-10,13-14H2,1-6H3/t16-,17-. The van der Waals surface area contributed by atoms with Gasteiger partial charge in [-0.05, 0) is 58.4 Å². The van der Waals surface area contributed by atoms with E-state index in [4.69, 9.17) is 9.47 Å². The zero-order valence-corrected chi connectivity index (χ0v) is 19.3. The Kier molecular flexibility index (Phi) is 8.30. The first-order valence-corrected chi connectivity index (χ1v) is 11.0. The lowest BCUT2D eigenvalue weighted by Crippen LogP contribution is -2.40. The normalized spacial score (nSPS) is 19.2. The maximum Gasteiger partial charge on any atom is 0.350 e. The minimum Gasteiger partial charge on any atom is -0.465 e. The van der Waals surface area contributed by atoms with Crippen LogP contribution in [0.4, 0.5) is 5.69 Å². The van der Waals surface area contributed by atoms with Gasteiger partial charge >= 0.3 is 5.97 Å². The van der Waals surface area contributed by atoms with E-state index >= 15 is 0 Å². The maximum atomic E-state index is 13.4. The third-order valence-electron chi connectivity index (χ3n) is 5.08. The van der Waals surface area contributed by atoms with E-state index in [1.54, 1.807) is 12.0 Å². The van der Waals surface area contributed by atoms with Gasteiger partial charge in [-0.2, -0.15) is 0 Å². The molecule has 1 fully saturated rings. The summed E-state index contributed by atoms with van der Waals surface area (Å²) < 4.78 is 10.2. The summed E-state index contributed by atoms with van der Waals surface area (Å²) in [4.78, 5) is 28.7. The van der Waals surface area contributed by atoms with Gasteiger partial charge in [-0.1, -0.05) is 18.8 Å². The van der Waals surface area contributed by atoms with Gasteiger partial charge in [0.25, 0.3) is 0 Å². The minimum atomic E-state index is -0.443. The Labute approximate surface area is 178 Å². The lowest BCUT2D eigenvalue weighted by Gasteiger charge is -2.31. The minimum absolute atomic E-state index is 0.0161. The highest BCUT2D eigenvalue weighted by Crippen LogP contribution is 2.35. The second-order valence-corrected chi connectivity index (χ2v) is 9.81. The Morgan fingerprint density at radius 1 is 1.21 bits per heavy atom. The Bertz CT molecular complexity index is 773. The molecule has 1 amide bonds. The molecule has 1 aromatic heterocycles. The van der Waals surface area contributed by atoms with Gasteiger partial charge < -0.3 is 14.4 Å². The fourth-order valence-electron chi connectivity index (χ4n) is 3.39. The number of thiophene rings is 1. The second-order valence-electron chi connectivity index (χ2n) is 8.76. The summed E-state index contributed by atoms with van der Waals surface area (Å²) in [7, 11) is 2.97. The molecule has 0 N–H and O–H groups in total. The first kappa shape index (κ1) is 23.4. The van der Waals surface area contributed by atoms with Crippen LogP contribution in [0.2, 0.25) is 0 Å². The largest absolute Gasteiger partial charge is 0.465 e. The van der Waals surface area contributed by atoms with E-state index in [1.165, 1.54) is 18.4 Å². The molecule has 0 aliphatic heterocycles. The highest BCUT2D eigenvalue weighted by molar-refractivity contribution is 7.15. The molecular formula is C23H33NO4S. The van der Waals surface area contributed by atoms with Crippen molar-refractivity contribution in [2.45, 2.75) is 53.4 Å². The monoisotopic (exact) mass is 419 g/mol. The molecule has 1 aromatic rings. The van der Waals surface area contributed by atoms with Crippen molar-refractivity contribution in [3.63, 3.8) is 0 Å². The molecular weight excluding hydrogens is 386 g/mol. The van der Waals surface area contributed by atoms with Crippen LogP contribution in [0.3, 0.4) is 0 Å². The average molecular weight is 420 g/mol. The number of hydrogen-bond acceptors (Lipinski definition) is 5. The topological polar surface area (TPSA) is 55.8 Å². The van der Waals surface area contributed by atoms with Gasteiger partial charge in [0.05, 0.1) is 24.3 Å². The van der Waals surface area contributed by atoms with Crippen LogP contribution in [-0.2, 0) is 14.3 Å². The van der Waals surface area contributed by atoms with Crippen molar-refractivity contribution in [2.75, 3.05) is 32.3 Å². The quantitative estimate of drug-likeness (QED) is 0.494. The predicted octanol–water partition coefficient (Wildman–Crippen LogP) is 4.74. The molecule has 0 spiro atoms. The summed E-state index contributed by atoms with van der Waals surface area (Å²) in [5.41, 5.74) is 0.431. The summed E-state index contributed by atoms with van der Waals surface area (Å²) in [6.45, 7) is 9.14. The van der Waals surface area contributed by atoms with E-state index in [0.29, 0.717) is 29.6 Å². The van der Waals surface area contributed by atoms with Crippen LogP contribution in [0.25, 0.3) is 0 Å². The van der Waals surface area contributed by atoms with Crippen molar-refractivity contribution in [3.8, 4) is 11.8 Å². The number of nitrogens with zero attached hydrogens (tertiary/aromatic N) is 1. The molecule has 1 saturated carbocycles. The van der Waals surface area contributed by atoms with Crippen molar-refractivity contribution < 1.29 is 19.1 Å². The summed E-state index contributed by atoms with van der Waals surface area (Å²) in [5, 5.41) is 0. The highest BCUT2D eigenvalue weighted by Gasteiger charge is 2.32. The van der Waals surface area contributed by atoms with Crippen LogP contribution < -0.4 is 4.90 Å². The number of carbonyl (C=O) groups excluding carboxylic acids is 2. The Hall–Kier alpha value is -1.84. The number of amides is 1.